The average Bonchev–Trinajstić information content (AvgIpc) is 2.76. The van der Waals surface area contributed by atoms with E-state index >= 15 is 0 Å². The lowest BCUT2D eigenvalue weighted by Gasteiger charge is -2.43. The van der Waals surface area contributed by atoms with Crippen LogP contribution in [0.2, 0.25) is 5.02 Å². The van der Waals surface area contributed by atoms with Crippen LogP contribution in [0.5, 0.6) is 5.75 Å². The number of carboxylic acid groups (broad SMARTS) is 2. The second-order valence-corrected chi connectivity index (χ2v) is 8.40. The highest BCUT2D eigenvalue weighted by atomic mass is 35.5. The summed E-state index contributed by atoms with van der Waals surface area (Å²) >= 11 is 6.21. The van der Waals surface area contributed by atoms with Gasteiger partial charge in [0.05, 0.1) is 21.6 Å². The van der Waals surface area contributed by atoms with Gasteiger partial charge in [0.15, 0.2) is 0 Å². The summed E-state index contributed by atoms with van der Waals surface area (Å²) in [6, 6.07) is 5.96. The van der Waals surface area contributed by atoms with Crippen molar-refractivity contribution in [2.45, 2.75) is 65.2 Å². The fourth-order valence-electron chi connectivity index (χ4n) is 5.16. The van der Waals surface area contributed by atoms with Crippen LogP contribution in [-0.4, -0.2) is 23.5 Å². The Labute approximate surface area is 192 Å². The maximum Gasteiger partial charge on any atom is 0.503 e. The molecule has 7 heteroatoms. The Morgan fingerprint density at radius 2 is 1.81 bits per heavy atom. The van der Waals surface area contributed by atoms with Gasteiger partial charge in [-0.1, -0.05) is 43.0 Å². The van der Waals surface area contributed by atoms with Crippen molar-refractivity contribution in [1.82, 2.24) is 0 Å². The second-order valence-electron chi connectivity index (χ2n) is 7.75. The molecule has 0 heterocycles. The summed E-state index contributed by atoms with van der Waals surface area (Å²) in [5.41, 5.74) is 6.12. The van der Waals surface area contributed by atoms with E-state index in [9.17, 15) is 0 Å². The fraction of sp³-hybridized carbons (Fsp3) is 0.542. The normalized spacial score (nSPS) is 23.3. The van der Waals surface area contributed by atoms with Crippen LogP contribution < -0.4 is 4.52 Å². The maximum absolute atomic E-state index is 8.56. The number of methoxy groups -OCH3 is 1. The monoisotopic (exact) mass is 468 g/mol. The number of rotatable bonds is 3. The molecule has 4 rings (SSSR count). The van der Waals surface area contributed by atoms with Gasteiger partial charge in [-0.15, -0.1) is 0 Å². The Morgan fingerprint density at radius 1 is 1.13 bits per heavy atom. The number of benzene rings is 1. The first-order chi connectivity index (χ1) is 15.0. The molecule has 0 saturated heterocycles. The number of ether oxygens (including phenoxy) is 1. The molecule has 5 nitrogen and oxygen atoms in total. The summed E-state index contributed by atoms with van der Waals surface area (Å²) in [6.45, 7) is 4.00. The average molecular weight is 469 g/mol. The minimum absolute atomic E-state index is 0.591. The maximum atomic E-state index is 8.56. The molecule has 3 aliphatic carbocycles. The van der Waals surface area contributed by atoms with Crippen LogP contribution >= 0.6 is 21.1 Å². The van der Waals surface area contributed by atoms with Gasteiger partial charge >= 0.3 is 6.16 Å². The standard InChI is InChI=1S/C21H26ClO2P.C2H6.CH2O3/c1-23-21(15-9-10-18(22)19(12-15)24-25)20-14-6-4-8-17(20)16-7-3-2-5-13(16)11-14;1-2;2-1(3)4/h9-10,12,14,17H,2-8,11,25H2,1H3;1-2H3;(H2,2,3,4)/b21-20+;;. The number of hydrogen-bond acceptors (Lipinski definition) is 3. The van der Waals surface area contributed by atoms with Crippen molar-refractivity contribution in [2.24, 2.45) is 11.8 Å². The minimum atomic E-state index is -1.83. The first-order valence-electron chi connectivity index (χ1n) is 11.0. The highest BCUT2D eigenvalue weighted by molar-refractivity contribution is 7.10. The minimum Gasteiger partial charge on any atom is -0.496 e. The topological polar surface area (TPSA) is 76.0 Å². The molecular weight excluding hydrogens is 435 g/mol. The third-order valence-corrected chi connectivity index (χ3v) is 6.76. The van der Waals surface area contributed by atoms with Crippen LogP contribution in [0.1, 0.15) is 70.8 Å². The zero-order valence-corrected chi connectivity index (χ0v) is 20.5. The van der Waals surface area contributed by atoms with Crippen LogP contribution in [0.25, 0.3) is 5.76 Å². The largest absolute Gasteiger partial charge is 0.503 e. The van der Waals surface area contributed by atoms with E-state index in [4.69, 9.17) is 35.9 Å². The Kier molecular flexibility index (Phi) is 10.2. The van der Waals surface area contributed by atoms with Gasteiger partial charge in [-0.05, 0) is 74.6 Å². The Hall–Kier alpha value is -1.71. The molecule has 1 fully saturated rings. The van der Waals surface area contributed by atoms with Crippen molar-refractivity contribution in [2.75, 3.05) is 7.11 Å². The summed E-state index contributed by atoms with van der Waals surface area (Å²) in [5, 5.41) is 14.6. The van der Waals surface area contributed by atoms with Crippen LogP contribution in [0, 0.1) is 11.8 Å². The zero-order chi connectivity index (χ0) is 23.0. The molecule has 0 radical (unpaired) electrons. The third kappa shape index (κ3) is 6.17. The molecule has 0 aromatic heterocycles. The first kappa shape index (κ1) is 25.5. The zero-order valence-electron chi connectivity index (χ0n) is 18.6. The number of carbonyl (C=O) groups is 1. The number of hydrogen-bond donors (Lipinski definition) is 2. The molecule has 0 spiro atoms. The molecular formula is C24H34ClO5P. The molecule has 172 valence electrons. The predicted molar refractivity (Wildman–Crippen MR) is 129 cm³/mol. The summed E-state index contributed by atoms with van der Waals surface area (Å²) in [7, 11) is 4.09. The molecule has 1 aromatic carbocycles. The number of halogens is 1. The van der Waals surface area contributed by atoms with E-state index in [2.05, 4.69) is 15.5 Å². The molecule has 1 aromatic rings. The molecule has 3 unspecified atom stereocenters. The van der Waals surface area contributed by atoms with E-state index in [-0.39, 0.29) is 0 Å². The molecule has 3 aliphatic rings. The lowest BCUT2D eigenvalue weighted by atomic mass is 9.62. The number of allylic oxidation sites excluding steroid dienone is 3. The van der Waals surface area contributed by atoms with Gasteiger partial charge in [-0.2, -0.15) is 0 Å². The molecule has 2 bridgehead atoms. The number of fused-ring (bicyclic) bond motifs is 3. The molecule has 0 aliphatic heterocycles. The highest BCUT2D eigenvalue weighted by Crippen LogP contribution is 2.53. The Balaban J connectivity index is 0.000000513. The van der Waals surface area contributed by atoms with E-state index in [1.165, 1.54) is 56.9 Å². The van der Waals surface area contributed by atoms with E-state index in [0.29, 0.717) is 22.6 Å². The van der Waals surface area contributed by atoms with Crippen LogP contribution in [0.15, 0.2) is 34.9 Å². The predicted octanol–water partition coefficient (Wildman–Crippen LogP) is 7.81. The van der Waals surface area contributed by atoms with Crippen molar-refractivity contribution in [3.05, 3.63) is 45.5 Å². The highest BCUT2D eigenvalue weighted by Gasteiger charge is 2.39. The lowest BCUT2D eigenvalue weighted by Crippen LogP contribution is -2.30. The van der Waals surface area contributed by atoms with Gasteiger partial charge < -0.3 is 19.5 Å². The summed E-state index contributed by atoms with van der Waals surface area (Å²) in [5.74, 6) is 2.96. The second kappa shape index (κ2) is 12.4. The van der Waals surface area contributed by atoms with Gasteiger partial charge in [0.25, 0.3) is 0 Å². The third-order valence-electron chi connectivity index (χ3n) is 6.19. The van der Waals surface area contributed by atoms with Crippen LogP contribution in [0.3, 0.4) is 0 Å². The molecule has 1 saturated carbocycles. The van der Waals surface area contributed by atoms with Crippen LogP contribution in [0.4, 0.5) is 4.79 Å². The Bertz CT molecular complexity index is 829. The summed E-state index contributed by atoms with van der Waals surface area (Å²) < 4.78 is 11.3. The van der Waals surface area contributed by atoms with E-state index in [1.807, 2.05) is 26.0 Å². The van der Waals surface area contributed by atoms with Crippen molar-refractivity contribution < 1.29 is 24.3 Å². The van der Waals surface area contributed by atoms with E-state index < -0.39 is 6.16 Å². The van der Waals surface area contributed by atoms with Gasteiger partial charge in [0.2, 0.25) is 0 Å². The van der Waals surface area contributed by atoms with Gasteiger partial charge in [-0.3, -0.25) is 0 Å². The van der Waals surface area contributed by atoms with Crippen molar-refractivity contribution in [3.8, 4) is 5.75 Å². The lowest BCUT2D eigenvalue weighted by molar-refractivity contribution is 0.137. The molecule has 31 heavy (non-hydrogen) atoms. The van der Waals surface area contributed by atoms with Crippen molar-refractivity contribution >= 4 is 33.0 Å². The smallest absolute Gasteiger partial charge is 0.496 e. The fourth-order valence-corrected chi connectivity index (χ4v) is 5.59. The van der Waals surface area contributed by atoms with Crippen molar-refractivity contribution in [1.29, 1.82) is 0 Å². The van der Waals surface area contributed by atoms with E-state index in [0.717, 1.165) is 11.3 Å². The quantitative estimate of drug-likeness (QED) is 0.269. The molecule has 3 atom stereocenters. The Morgan fingerprint density at radius 3 is 2.45 bits per heavy atom. The van der Waals surface area contributed by atoms with Crippen molar-refractivity contribution in [3.63, 3.8) is 0 Å². The molecule has 2 N–H and O–H groups in total. The first-order valence-corrected chi connectivity index (χ1v) is 11.9. The van der Waals surface area contributed by atoms with Crippen LogP contribution in [-0.2, 0) is 4.74 Å². The van der Waals surface area contributed by atoms with Gasteiger partial charge in [-0.25, -0.2) is 4.79 Å². The summed E-state index contributed by atoms with van der Waals surface area (Å²) in [4.78, 5) is 8.56. The molecule has 0 amide bonds. The van der Waals surface area contributed by atoms with E-state index in [1.54, 1.807) is 18.3 Å². The van der Waals surface area contributed by atoms with Gasteiger partial charge in [0.1, 0.15) is 11.5 Å². The van der Waals surface area contributed by atoms with Gasteiger partial charge in [0, 0.05) is 11.5 Å². The SMILES string of the molecule is CC.CO/C(=C1\C2CCCC1C1=C(CCCC1)C2)c1ccc(Cl)c(OP)c1.O=C(O)O. The summed E-state index contributed by atoms with van der Waals surface area (Å²) in [6.07, 6.45) is 8.65.